The van der Waals surface area contributed by atoms with Crippen molar-refractivity contribution in [2.24, 2.45) is 0 Å². The van der Waals surface area contributed by atoms with Gasteiger partial charge >= 0.3 is 5.97 Å². The average molecular weight is 242 g/mol. The van der Waals surface area contributed by atoms with Gasteiger partial charge in [-0.15, -0.1) is 0 Å². The Morgan fingerprint density at radius 3 is 2.44 bits per heavy atom. The number of halogens is 1. The third kappa shape index (κ3) is 2.29. The molecule has 0 spiro atoms. The van der Waals surface area contributed by atoms with Gasteiger partial charge in [-0.25, -0.2) is 4.79 Å². The molecule has 0 saturated heterocycles. The van der Waals surface area contributed by atoms with Gasteiger partial charge in [-0.05, 0) is 16.8 Å². The van der Waals surface area contributed by atoms with E-state index in [-0.39, 0.29) is 23.9 Å². The summed E-state index contributed by atoms with van der Waals surface area (Å²) in [7, 11) is 0. The van der Waals surface area contributed by atoms with Gasteiger partial charge in [0.1, 0.15) is 0 Å². The summed E-state index contributed by atoms with van der Waals surface area (Å²) in [6.45, 7) is 0. The first kappa shape index (κ1) is 12.0. The minimum Gasteiger partial charge on any atom is -1.00 e. The summed E-state index contributed by atoms with van der Waals surface area (Å²) in [5, 5.41) is 12.3. The Balaban J connectivity index is 0.00000128. The summed E-state index contributed by atoms with van der Waals surface area (Å²) in [6, 6.07) is 6.20. The number of nitrogens with two attached hydrogens (primary N) is 1. The zero-order chi connectivity index (χ0) is 10.8. The topological polar surface area (TPSA) is 93.2 Å². The minimum atomic E-state index is -0.966. The Morgan fingerprint density at radius 2 is 2.00 bits per heavy atom. The Bertz CT molecular complexity index is 495. The van der Waals surface area contributed by atoms with E-state index in [0.29, 0.717) is 5.69 Å². The van der Waals surface area contributed by atoms with Gasteiger partial charge in [0.2, 0.25) is 11.0 Å². The lowest BCUT2D eigenvalue weighted by Crippen LogP contribution is -3.00. The van der Waals surface area contributed by atoms with Crippen molar-refractivity contribution in [3.05, 3.63) is 36.0 Å². The molecule has 0 aliphatic heterocycles. The van der Waals surface area contributed by atoms with Crippen molar-refractivity contribution >= 4 is 11.9 Å². The van der Waals surface area contributed by atoms with Crippen molar-refractivity contribution in [3.8, 4) is 5.69 Å². The summed E-state index contributed by atoms with van der Waals surface area (Å²) < 4.78 is 6.09. The second kappa shape index (κ2) is 4.63. The fraction of sp³-hybridized carbons (Fsp3) is 0. The third-order valence-electron chi connectivity index (χ3n) is 1.86. The number of carboxylic acids is 1. The van der Waals surface area contributed by atoms with Crippen LogP contribution in [0.2, 0.25) is 0 Å². The molecule has 6 nitrogen and oxygen atoms in total. The fourth-order valence-corrected chi connectivity index (χ4v) is 1.14. The molecular weight excluding hydrogens is 234 g/mol. The van der Waals surface area contributed by atoms with Crippen molar-refractivity contribution in [1.82, 2.24) is 5.27 Å². The molecule has 7 heteroatoms. The van der Waals surface area contributed by atoms with E-state index >= 15 is 0 Å². The van der Waals surface area contributed by atoms with Crippen LogP contribution in [-0.4, -0.2) is 16.3 Å². The zero-order valence-electron chi connectivity index (χ0n) is 8.00. The maximum atomic E-state index is 10.6. The number of nitrogens with zero attached hydrogens (tertiary/aromatic N) is 2. The SMILES string of the molecule is Nc1c[n+](-c2ccc(C(=O)O)cc2)no1.[Cl-]. The highest BCUT2D eigenvalue weighted by Gasteiger charge is 2.13. The molecular formula is C9H8ClN3O3. The highest BCUT2D eigenvalue weighted by Crippen LogP contribution is 2.04. The molecule has 0 amide bonds. The Morgan fingerprint density at radius 1 is 1.38 bits per heavy atom. The van der Waals surface area contributed by atoms with Crippen LogP contribution in [-0.2, 0) is 0 Å². The molecule has 1 aromatic carbocycles. The lowest BCUT2D eigenvalue weighted by molar-refractivity contribution is -0.670. The van der Waals surface area contributed by atoms with Gasteiger partial charge < -0.3 is 23.2 Å². The van der Waals surface area contributed by atoms with Gasteiger partial charge in [0.15, 0.2) is 0 Å². The first-order valence-electron chi connectivity index (χ1n) is 4.14. The second-order valence-electron chi connectivity index (χ2n) is 2.90. The molecule has 3 N–H and O–H groups in total. The molecule has 0 unspecified atom stereocenters. The second-order valence-corrected chi connectivity index (χ2v) is 2.90. The Labute approximate surface area is 96.7 Å². The summed E-state index contributed by atoms with van der Waals surface area (Å²) in [6.07, 6.45) is 1.50. The highest BCUT2D eigenvalue weighted by atomic mass is 35.5. The highest BCUT2D eigenvalue weighted by molar-refractivity contribution is 5.87. The smallest absolute Gasteiger partial charge is 0.335 e. The molecule has 1 heterocycles. The van der Waals surface area contributed by atoms with Gasteiger partial charge in [-0.3, -0.25) is 4.52 Å². The summed E-state index contributed by atoms with van der Waals surface area (Å²) >= 11 is 0. The molecule has 1 aromatic heterocycles. The third-order valence-corrected chi connectivity index (χ3v) is 1.86. The maximum absolute atomic E-state index is 10.6. The fourth-order valence-electron chi connectivity index (χ4n) is 1.14. The number of nitrogen functional groups attached to an aromatic ring is 1. The van der Waals surface area contributed by atoms with Crippen LogP contribution in [0.25, 0.3) is 5.69 Å². The number of carboxylic acid groups (broad SMARTS) is 1. The monoisotopic (exact) mass is 241 g/mol. The molecule has 0 radical (unpaired) electrons. The average Bonchev–Trinajstić information content (AvgIpc) is 2.65. The van der Waals surface area contributed by atoms with E-state index in [9.17, 15) is 4.79 Å². The largest absolute Gasteiger partial charge is 1.00 e. The first-order valence-corrected chi connectivity index (χ1v) is 4.14. The van der Waals surface area contributed by atoms with Crippen LogP contribution in [0.1, 0.15) is 10.4 Å². The lowest BCUT2D eigenvalue weighted by Gasteiger charge is -1.91. The van der Waals surface area contributed by atoms with Crippen molar-refractivity contribution in [1.29, 1.82) is 0 Å². The molecule has 0 bridgehead atoms. The molecule has 84 valence electrons. The summed E-state index contributed by atoms with van der Waals surface area (Å²) in [4.78, 5) is 10.6. The van der Waals surface area contributed by atoms with E-state index in [1.807, 2.05) is 0 Å². The Kier molecular flexibility index (Phi) is 3.47. The molecule has 0 saturated carbocycles. The van der Waals surface area contributed by atoms with E-state index in [1.54, 1.807) is 12.1 Å². The predicted octanol–water partition coefficient (Wildman–Crippen LogP) is -2.76. The van der Waals surface area contributed by atoms with Gasteiger partial charge in [0.25, 0.3) is 12.1 Å². The molecule has 16 heavy (non-hydrogen) atoms. The number of aromatic carboxylic acids is 1. The predicted molar refractivity (Wildman–Crippen MR) is 49.4 cm³/mol. The minimum absolute atomic E-state index is 0. The van der Waals surface area contributed by atoms with E-state index in [4.69, 9.17) is 10.8 Å². The molecule has 0 aliphatic rings. The summed E-state index contributed by atoms with van der Waals surface area (Å²) in [5.74, 6) is -0.775. The Hall–Kier alpha value is -2.08. The number of anilines is 1. The zero-order valence-corrected chi connectivity index (χ0v) is 8.76. The lowest BCUT2D eigenvalue weighted by atomic mass is 10.2. The molecule has 0 atom stereocenters. The standard InChI is InChI=1S/C9H7N3O3.ClH/c10-8-5-12(11-15-8)7-3-1-6(2-4-7)9(13)14;/h1-5H,(H2-,10,11,13,14);1H. The van der Waals surface area contributed by atoms with Crippen LogP contribution in [0.5, 0.6) is 0 Å². The van der Waals surface area contributed by atoms with Crippen LogP contribution in [0.3, 0.4) is 0 Å². The molecule has 0 fully saturated rings. The normalized spacial score (nSPS) is 9.50. The van der Waals surface area contributed by atoms with Gasteiger partial charge in [0.05, 0.1) is 5.56 Å². The van der Waals surface area contributed by atoms with Crippen molar-refractivity contribution < 1.29 is 31.5 Å². The number of hydrogen-bond donors (Lipinski definition) is 2. The molecule has 2 aromatic rings. The van der Waals surface area contributed by atoms with Crippen LogP contribution >= 0.6 is 0 Å². The maximum Gasteiger partial charge on any atom is 0.335 e. The number of benzene rings is 1. The van der Waals surface area contributed by atoms with Crippen molar-refractivity contribution in [3.63, 3.8) is 0 Å². The number of aromatic nitrogens is 2. The summed E-state index contributed by atoms with van der Waals surface area (Å²) in [5.41, 5.74) is 6.25. The van der Waals surface area contributed by atoms with Crippen LogP contribution < -0.4 is 22.8 Å². The molecule has 0 aliphatic carbocycles. The quantitative estimate of drug-likeness (QED) is 0.556. The van der Waals surface area contributed by atoms with E-state index < -0.39 is 5.97 Å². The number of hydrogen-bond acceptors (Lipinski definition) is 4. The van der Waals surface area contributed by atoms with Gasteiger partial charge in [0, 0.05) is 12.1 Å². The first-order chi connectivity index (χ1) is 7.16. The van der Waals surface area contributed by atoms with Crippen LogP contribution in [0.15, 0.2) is 35.0 Å². The van der Waals surface area contributed by atoms with Gasteiger partial charge in [-0.1, -0.05) is 0 Å². The van der Waals surface area contributed by atoms with E-state index in [1.165, 1.54) is 23.0 Å². The molecule has 2 rings (SSSR count). The van der Waals surface area contributed by atoms with Gasteiger partial charge in [-0.2, -0.15) is 0 Å². The van der Waals surface area contributed by atoms with Crippen LogP contribution in [0, 0.1) is 0 Å². The van der Waals surface area contributed by atoms with E-state index in [0.717, 1.165) is 0 Å². The van der Waals surface area contributed by atoms with Crippen molar-refractivity contribution in [2.75, 3.05) is 5.73 Å². The number of rotatable bonds is 2. The van der Waals surface area contributed by atoms with Crippen molar-refractivity contribution in [2.45, 2.75) is 0 Å². The number of carbonyl (C=O) groups is 1. The van der Waals surface area contributed by atoms with E-state index in [2.05, 4.69) is 9.79 Å². The van der Waals surface area contributed by atoms with Crippen LogP contribution in [0.4, 0.5) is 5.88 Å².